The highest BCUT2D eigenvalue weighted by Crippen LogP contribution is 2.24. The zero-order valence-electron chi connectivity index (χ0n) is 18.8. The van der Waals surface area contributed by atoms with E-state index in [9.17, 15) is 9.59 Å². The number of ether oxygens (including phenoxy) is 1. The third-order valence-corrected chi connectivity index (χ3v) is 6.43. The Bertz CT molecular complexity index is 900. The molecule has 8 nitrogen and oxygen atoms in total. The van der Waals surface area contributed by atoms with Crippen molar-refractivity contribution in [2.75, 3.05) is 19.7 Å². The van der Waals surface area contributed by atoms with E-state index in [2.05, 4.69) is 15.4 Å². The number of aromatic nitrogens is 3. The van der Waals surface area contributed by atoms with Gasteiger partial charge in [-0.2, -0.15) is 5.10 Å². The lowest BCUT2D eigenvalue weighted by Crippen LogP contribution is -2.41. The van der Waals surface area contributed by atoms with Crippen molar-refractivity contribution in [2.24, 2.45) is 13.0 Å². The number of aryl methyl sites for hydroxylation is 1. The SMILES string of the molecule is Cn1cc(C(=O)NCc2ccccn2)c(CC2CCN(C(=O)C[C@H]3CCCCO3)CC2)n1. The Morgan fingerprint density at radius 2 is 2.03 bits per heavy atom. The van der Waals surface area contributed by atoms with Crippen LogP contribution >= 0.6 is 0 Å². The molecule has 2 aliphatic rings. The first-order valence-electron chi connectivity index (χ1n) is 11.7. The average Bonchev–Trinajstić information content (AvgIpc) is 3.19. The van der Waals surface area contributed by atoms with Gasteiger partial charge in [-0.15, -0.1) is 0 Å². The van der Waals surface area contributed by atoms with E-state index >= 15 is 0 Å². The summed E-state index contributed by atoms with van der Waals surface area (Å²) in [6.45, 7) is 2.70. The van der Waals surface area contributed by atoms with E-state index in [1.807, 2.05) is 30.1 Å². The summed E-state index contributed by atoms with van der Waals surface area (Å²) < 4.78 is 7.43. The van der Waals surface area contributed by atoms with Crippen LogP contribution in [0.1, 0.15) is 60.3 Å². The summed E-state index contributed by atoms with van der Waals surface area (Å²) in [4.78, 5) is 31.6. The predicted octanol–water partition coefficient (Wildman–Crippen LogP) is 2.49. The number of rotatable bonds is 7. The van der Waals surface area contributed by atoms with Gasteiger partial charge in [-0.25, -0.2) is 0 Å². The maximum Gasteiger partial charge on any atom is 0.255 e. The van der Waals surface area contributed by atoms with Crippen molar-refractivity contribution in [1.29, 1.82) is 0 Å². The second-order valence-corrected chi connectivity index (χ2v) is 8.89. The summed E-state index contributed by atoms with van der Waals surface area (Å²) in [6, 6.07) is 5.65. The van der Waals surface area contributed by atoms with Crippen molar-refractivity contribution in [3.8, 4) is 0 Å². The molecule has 0 aliphatic carbocycles. The highest BCUT2D eigenvalue weighted by molar-refractivity contribution is 5.95. The fourth-order valence-corrected chi connectivity index (χ4v) is 4.60. The van der Waals surface area contributed by atoms with Gasteiger partial charge in [0.05, 0.1) is 36.0 Å². The first-order valence-corrected chi connectivity index (χ1v) is 11.7. The van der Waals surface area contributed by atoms with E-state index in [1.54, 1.807) is 17.1 Å². The second kappa shape index (κ2) is 10.7. The highest BCUT2D eigenvalue weighted by atomic mass is 16.5. The largest absolute Gasteiger partial charge is 0.378 e. The van der Waals surface area contributed by atoms with Gasteiger partial charge in [-0.05, 0) is 56.6 Å². The van der Waals surface area contributed by atoms with Crippen LogP contribution in [0.4, 0.5) is 0 Å². The topological polar surface area (TPSA) is 89.4 Å². The Morgan fingerprint density at radius 3 is 2.75 bits per heavy atom. The van der Waals surface area contributed by atoms with Crippen LogP contribution in [0.25, 0.3) is 0 Å². The smallest absolute Gasteiger partial charge is 0.255 e. The van der Waals surface area contributed by atoms with Crippen LogP contribution < -0.4 is 5.32 Å². The van der Waals surface area contributed by atoms with Crippen LogP contribution in [-0.2, 0) is 29.5 Å². The van der Waals surface area contributed by atoms with Crippen LogP contribution in [0.3, 0.4) is 0 Å². The van der Waals surface area contributed by atoms with Crippen LogP contribution in [0.5, 0.6) is 0 Å². The summed E-state index contributed by atoms with van der Waals surface area (Å²) in [5.41, 5.74) is 2.27. The van der Waals surface area contributed by atoms with Crippen LogP contribution in [0.15, 0.2) is 30.6 Å². The number of likely N-dealkylation sites (tertiary alicyclic amines) is 1. The Balaban J connectivity index is 1.27. The summed E-state index contributed by atoms with van der Waals surface area (Å²) >= 11 is 0. The maximum absolute atomic E-state index is 12.8. The summed E-state index contributed by atoms with van der Waals surface area (Å²) in [5.74, 6) is 0.504. The second-order valence-electron chi connectivity index (χ2n) is 8.89. The number of nitrogens with zero attached hydrogens (tertiary/aromatic N) is 4. The minimum Gasteiger partial charge on any atom is -0.378 e. The monoisotopic (exact) mass is 439 g/mol. The normalized spacial score (nSPS) is 19.7. The molecule has 8 heteroatoms. The molecule has 0 radical (unpaired) electrons. The predicted molar refractivity (Wildman–Crippen MR) is 120 cm³/mol. The molecule has 32 heavy (non-hydrogen) atoms. The first-order chi connectivity index (χ1) is 15.6. The van der Waals surface area contributed by atoms with Gasteiger partial charge in [0.25, 0.3) is 5.91 Å². The fraction of sp³-hybridized carbons (Fsp3) is 0.583. The van der Waals surface area contributed by atoms with Crippen molar-refractivity contribution < 1.29 is 14.3 Å². The zero-order chi connectivity index (χ0) is 22.3. The van der Waals surface area contributed by atoms with E-state index < -0.39 is 0 Å². The molecule has 0 aromatic carbocycles. The molecule has 4 heterocycles. The molecule has 4 rings (SSSR count). The molecule has 2 aromatic rings. The number of hydrogen-bond acceptors (Lipinski definition) is 5. The standard InChI is InChI=1S/C24H33N5O3/c1-28-17-21(24(31)26-16-19-6-2-4-10-25-19)22(27-28)14-18-8-11-29(12-9-18)23(30)15-20-7-3-5-13-32-20/h2,4,6,10,17-18,20H,3,5,7-9,11-16H2,1H3,(H,26,31)/t20-/m1/s1. The van der Waals surface area contributed by atoms with Gasteiger partial charge in [0.1, 0.15) is 0 Å². The van der Waals surface area contributed by atoms with E-state index in [4.69, 9.17) is 4.74 Å². The van der Waals surface area contributed by atoms with Crippen molar-refractivity contribution in [3.05, 3.63) is 47.5 Å². The quantitative estimate of drug-likeness (QED) is 0.716. The Hall–Kier alpha value is -2.74. The van der Waals surface area contributed by atoms with E-state index in [1.165, 1.54) is 0 Å². The molecule has 2 aromatic heterocycles. The number of pyridine rings is 1. The molecule has 2 fully saturated rings. The number of nitrogens with one attached hydrogen (secondary N) is 1. The maximum atomic E-state index is 12.8. The number of amides is 2. The fourth-order valence-electron chi connectivity index (χ4n) is 4.60. The van der Waals surface area contributed by atoms with Gasteiger partial charge in [0, 0.05) is 39.1 Å². The summed E-state index contributed by atoms with van der Waals surface area (Å²) in [5, 5.41) is 7.50. The third kappa shape index (κ3) is 5.94. The zero-order valence-corrected chi connectivity index (χ0v) is 18.8. The molecular formula is C24H33N5O3. The lowest BCUT2D eigenvalue weighted by atomic mass is 9.90. The lowest BCUT2D eigenvalue weighted by molar-refractivity contribution is -0.136. The average molecular weight is 440 g/mol. The number of hydrogen-bond donors (Lipinski definition) is 1. The molecule has 0 bridgehead atoms. The molecule has 0 saturated carbocycles. The van der Waals surface area contributed by atoms with Crippen molar-refractivity contribution in [2.45, 2.75) is 57.6 Å². The molecule has 172 valence electrons. The number of carbonyl (C=O) groups is 2. The first kappa shape index (κ1) is 22.5. The van der Waals surface area contributed by atoms with Crippen molar-refractivity contribution in [3.63, 3.8) is 0 Å². The minimum absolute atomic E-state index is 0.0923. The molecule has 0 spiro atoms. The van der Waals surface area contributed by atoms with Gasteiger partial charge in [0.2, 0.25) is 5.91 Å². The van der Waals surface area contributed by atoms with Crippen LogP contribution in [0.2, 0.25) is 0 Å². The lowest BCUT2D eigenvalue weighted by Gasteiger charge is -2.33. The summed E-state index contributed by atoms with van der Waals surface area (Å²) in [7, 11) is 1.84. The number of piperidine rings is 1. The summed E-state index contributed by atoms with van der Waals surface area (Å²) in [6.07, 6.45) is 9.97. The number of carbonyl (C=O) groups excluding carboxylic acids is 2. The minimum atomic E-state index is -0.126. The molecule has 1 atom stereocenters. The molecule has 2 amide bonds. The molecule has 2 aliphatic heterocycles. The van der Waals surface area contributed by atoms with Gasteiger partial charge in [0.15, 0.2) is 0 Å². The van der Waals surface area contributed by atoms with E-state index in [0.29, 0.717) is 24.4 Å². The van der Waals surface area contributed by atoms with Gasteiger partial charge < -0.3 is 15.0 Å². The van der Waals surface area contributed by atoms with Gasteiger partial charge >= 0.3 is 0 Å². The molecule has 1 N–H and O–H groups in total. The Kier molecular flexibility index (Phi) is 7.52. The van der Waals surface area contributed by atoms with Crippen molar-refractivity contribution in [1.82, 2.24) is 25.0 Å². The van der Waals surface area contributed by atoms with Crippen LogP contribution in [0, 0.1) is 5.92 Å². The van der Waals surface area contributed by atoms with Crippen molar-refractivity contribution >= 4 is 11.8 Å². The Morgan fingerprint density at radius 1 is 1.19 bits per heavy atom. The van der Waals surface area contributed by atoms with Gasteiger partial charge in [-0.3, -0.25) is 19.3 Å². The highest BCUT2D eigenvalue weighted by Gasteiger charge is 2.27. The van der Waals surface area contributed by atoms with E-state index in [-0.39, 0.29) is 17.9 Å². The van der Waals surface area contributed by atoms with Crippen LogP contribution in [-0.4, -0.2) is 57.3 Å². The third-order valence-electron chi connectivity index (χ3n) is 6.43. The van der Waals surface area contributed by atoms with Gasteiger partial charge in [-0.1, -0.05) is 6.07 Å². The molecular weight excluding hydrogens is 406 g/mol. The van der Waals surface area contributed by atoms with E-state index in [0.717, 1.165) is 69.6 Å². The Labute approximate surface area is 189 Å². The molecule has 2 saturated heterocycles. The molecule has 0 unspecified atom stereocenters.